The summed E-state index contributed by atoms with van der Waals surface area (Å²) in [6, 6.07) is 0.653. The molecule has 2 atom stereocenters. The van der Waals surface area contributed by atoms with Crippen molar-refractivity contribution in [2.45, 2.75) is 38.8 Å². The molecule has 2 unspecified atom stereocenters. The molecule has 1 aliphatic rings. The molecule has 78 valence electrons. The largest absolute Gasteiger partial charge is 0.395 e. The van der Waals surface area contributed by atoms with E-state index in [4.69, 9.17) is 9.84 Å². The molecule has 3 heteroatoms. The lowest BCUT2D eigenvalue weighted by molar-refractivity contribution is 0.0586. The highest BCUT2D eigenvalue weighted by atomic mass is 16.5. The van der Waals surface area contributed by atoms with E-state index in [9.17, 15) is 0 Å². The van der Waals surface area contributed by atoms with Crippen LogP contribution in [0.4, 0.5) is 0 Å². The van der Waals surface area contributed by atoms with E-state index in [2.05, 4.69) is 19.2 Å². The predicted molar refractivity (Wildman–Crippen MR) is 52.7 cm³/mol. The summed E-state index contributed by atoms with van der Waals surface area (Å²) in [4.78, 5) is 0. The van der Waals surface area contributed by atoms with Gasteiger partial charge < -0.3 is 15.2 Å². The smallest absolute Gasteiger partial charge is 0.0619 e. The summed E-state index contributed by atoms with van der Waals surface area (Å²) in [5.74, 6) is 0.479. The summed E-state index contributed by atoms with van der Waals surface area (Å²) in [6.07, 6.45) is 2.30. The maximum Gasteiger partial charge on any atom is 0.0619 e. The molecule has 0 bridgehead atoms. The molecule has 0 aliphatic carbocycles. The molecule has 13 heavy (non-hydrogen) atoms. The molecule has 1 rings (SSSR count). The van der Waals surface area contributed by atoms with Gasteiger partial charge in [0.2, 0.25) is 0 Å². The van der Waals surface area contributed by atoms with Crippen LogP contribution in [0.2, 0.25) is 0 Å². The van der Waals surface area contributed by atoms with Crippen LogP contribution >= 0.6 is 0 Å². The van der Waals surface area contributed by atoms with Gasteiger partial charge in [-0.3, -0.25) is 0 Å². The fraction of sp³-hybridized carbons (Fsp3) is 1.00. The molecule has 1 heterocycles. The van der Waals surface area contributed by atoms with E-state index in [0.717, 1.165) is 19.6 Å². The van der Waals surface area contributed by atoms with Crippen molar-refractivity contribution >= 4 is 0 Å². The summed E-state index contributed by atoms with van der Waals surface area (Å²) in [5, 5.41) is 12.6. The van der Waals surface area contributed by atoms with E-state index < -0.39 is 0 Å². The molecule has 2 N–H and O–H groups in total. The molecule has 0 saturated carbocycles. The summed E-state index contributed by atoms with van der Waals surface area (Å²) < 4.78 is 5.36. The van der Waals surface area contributed by atoms with Gasteiger partial charge in [-0.05, 0) is 18.8 Å². The molecule has 0 aromatic heterocycles. The first kappa shape index (κ1) is 11.0. The van der Waals surface area contributed by atoms with Crippen LogP contribution in [0, 0.1) is 5.92 Å². The molecule has 0 amide bonds. The van der Waals surface area contributed by atoms with Gasteiger partial charge in [0.1, 0.15) is 0 Å². The van der Waals surface area contributed by atoms with Crippen molar-refractivity contribution in [1.29, 1.82) is 0 Å². The summed E-state index contributed by atoms with van der Waals surface area (Å²) >= 11 is 0. The van der Waals surface area contributed by atoms with E-state index in [1.165, 1.54) is 6.42 Å². The predicted octanol–water partition coefficient (Wildman–Crippen LogP) is 0.772. The van der Waals surface area contributed by atoms with Crippen molar-refractivity contribution in [3.05, 3.63) is 0 Å². The van der Waals surface area contributed by atoms with Gasteiger partial charge in [0.15, 0.2) is 0 Å². The number of ether oxygens (including phenoxy) is 1. The third-order valence-electron chi connectivity index (χ3n) is 2.61. The second-order valence-corrected chi connectivity index (χ2v) is 4.11. The van der Waals surface area contributed by atoms with Crippen LogP contribution in [0.15, 0.2) is 0 Å². The van der Waals surface area contributed by atoms with Crippen LogP contribution in [0.25, 0.3) is 0 Å². The van der Waals surface area contributed by atoms with Gasteiger partial charge in [0, 0.05) is 18.7 Å². The molecule has 1 saturated heterocycles. The zero-order valence-electron chi connectivity index (χ0n) is 8.62. The Kier molecular flexibility index (Phi) is 4.70. The van der Waals surface area contributed by atoms with E-state index >= 15 is 0 Å². The number of nitrogens with one attached hydrogen (secondary N) is 1. The van der Waals surface area contributed by atoms with Crippen molar-refractivity contribution in [3.63, 3.8) is 0 Å². The lowest BCUT2D eigenvalue weighted by Gasteiger charge is -2.29. The monoisotopic (exact) mass is 187 g/mol. The van der Waals surface area contributed by atoms with E-state index in [-0.39, 0.29) is 12.6 Å². The van der Waals surface area contributed by atoms with Crippen LogP contribution in [-0.2, 0) is 4.74 Å². The average Bonchev–Trinajstić information content (AvgIpc) is 2.15. The first-order valence-corrected chi connectivity index (χ1v) is 5.18. The van der Waals surface area contributed by atoms with Gasteiger partial charge in [0.05, 0.1) is 13.2 Å². The lowest BCUT2D eigenvalue weighted by Crippen LogP contribution is -2.47. The highest BCUT2D eigenvalue weighted by Gasteiger charge is 2.19. The first-order valence-electron chi connectivity index (χ1n) is 5.18. The molecule has 3 nitrogen and oxygen atoms in total. The molecule has 0 aromatic carbocycles. The number of aliphatic hydroxyl groups excluding tert-OH is 1. The molecular formula is C10H21NO2. The van der Waals surface area contributed by atoms with Gasteiger partial charge in [-0.15, -0.1) is 0 Å². The molecule has 0 spiro atoms. The van der Waals surface area contributed by atoms with Crippen molar-refractivity contribution in [2.75, 3.05) is 19.8 Å². The second kappa shape index (κ2) is 5.58. The fourth-order valence-electron chi connectivity index (χ4n) is 1.63. The van der Waals surface area contributed by atoms with Crippen LogP contribution in [0.5, 0.6) is 0 Å². The fourth-order valence-corrected chi connectivity index (χ4v) is 1.63. The molecule has 0 radical (unpaired) electrons. The van der Waals surface area contributed by atoms with E-state index in [1.807, 2.05) is 0 Å². The van der Waals surface area contributed by atoms with Crippen molar-refractivity contribution in [1.82, 2.24) is 5.32 Å². The van der Waals surface area contributed by atoms with Crippen LogP contribution in [0.1, 0.15) is 26.7 Å². The van der Waals surface area contributed by atoms with Crippen molar-refractivity contribution in [3.8, 4) is 0 Å². The summed E-state index contributed by atoms with van der Waals surface area (Å²) in [5.41, 5.74) is 0. The Morgan fingerprint density at radius 1 is 1.54 bits per heavy atom. The Hall–Kier alpha value is -0.120. The SMILES string of the molecule is CC(C)C(CO)NC1CCCOC1. The number of aliphatic hydroxyl groups is 1. The normalized spacial score (nSPS) is 26.3. The van der Waals surface area contributed by atoms with Gasteiger partial charge in [-0.2, -0.15) is 0 Å². The molecular weight excluding hydrogens is 166 g/mol. The first-order chi connectivity index (χ1) is 6.24. The third kappa shape index (κ3) is 3.63. The summed E-state index contributed by atoms with van der Waals surface area (Å²) in [6.45, 7) is 6.15. The van der Waals surface area contributed by atoms with E-state index in [0.29, 0.717) is 12.0 Å². The minimum absolute atomic E-state index is 0.215. The number of hydrogen-bond acceptors (Lipinski definition) is 3. The second-order valence-electron chi connectivity index (χ2n) is 4.11. The number of rotatable bonds is 4. The van der Waals surface area contributed by atoms with Gasteiger partial charge >= 0.3 is 0 Å². The van der Waals surface area contributed by atoms with Crippen molar-refractivity contribution < 1.29 is 9.84 Å². The minimum Gasteiger partial charge on any atom is -0.395 e. The Labute approximate surface area is 80.5 Å². The van der Waals surface area contributed by atoms with Crippen LogP contribution in [0.3, 0.4) is 0 Å². The Morgan fingerprint density at radius 3 is 2.77 bits per heavy atom. The zero-order valence-corrected chi connectivity index (χ0v) is 8.62. The maximum atomic E-state index is 9.12. The minimum atomic E-state index is 0.215. The Balaban J connectivity index is 2.27. The molecule has 1 fully saturated rings. The highest BCUT2D eigenvalue weighted by molar-refractivity contribution is 4.77. The average molecular weight is 187 g/mol. The van der Waals surface area contributed by atoms with Gasteiger partial charge in [-0.25, -0.2) is 0 Å². The Morgan fingerprint density at radius 2 is 2.31 bits per heavy atom. The zero-order chi connectivity index (χ0) is 9.68. The molecule has 1 aliphatic heterocycles. The maximum absolute atomic E-state index is 9.12. The van der Waals surface area contributed by atoms with Gasteiger partial charge in [-0.1, -0.05) is 13.8 Å². The lowest BCUT2D eigenvalue weighted by atomic mass is 10.0. The van der Waals surface area contributed by atoms with Crippen LogP contribution in [-0.4, -0.2) is 37.0 Å². The van der Waals surface area contributed by atoms with Crippen molar-refractivity contribution in [2.24, 2.45) is 5.92 Å². The molecule has 0 aromatic rings. The third-order valence-corrected chi connectivity index (χ3v) is 2.61. The van der Waals surface area contributed by atoms with Crippen LogP contribution < -0.4 is 5.32 Å². The topological polar surface area (TPSA) is 41.5 Å². The summed E-state index contributed by atoms with van der Waals surface area (Å²) in [7, 11) is 0. The van der Waals surface area contributed by atoms with E-state index in [1.54, 1.807) is 0 Å². The standard InChI is InChI=1S/C10H21NO2/c1-8(2)10(6-12)11-9-4-3-5-13-7-9/h8-12H,3-7H2,1-2H3. The quantitative estimate of drug-likeness (QED) is 0.683. The number of hydrogen-bond donors (Lipinski definition) is 2. The van der Waals surface area contributed by atoms with Gasteiger partial charge in [0.25, 0.3) is 0 Å². The Bertz CT molecular complexity index is 133. The highest BCUT2D eigenvalue weighted by Crippen LogP contribution is 2.09.